The van der Waals surface area contributed by atoms with Crippen LogP contribution in [0.25, 0.3) is 0 Å². The molecule has 15 heavy (non-hydrogen) atoms. The quantitative estimate of drug-likeness (QED) is 0.732. The molecular formula is C10H11NO4. The van der Waals surface area contributed by atoms with Crippen LogP contribution in [0.2, 0.25) is 0 Å². The van der Waals surface area contributed by atoms with E-state index in [2.05, 4.69) is 10.1 Å². The van der Waals surface area contributed by atoms with Gasteiger partial charge in [-0.15, -0.1) is 0 Å². The fraction of sp³-hybridized carbons (Fsp3) is 0.200. The van der Waals surface area contributed by atoms with Crippen molar-refractivity contribution in [3.63, 3.8) is 0 Å². The Morgan fingerprint density at radius 1 is 1.33 bits per heavy atom. The number of carboxylic acids is 1. The normalized spacial score (nSPS) is 9.47. The maximum Gasteiger partial charge on any atom is 0.338 e. The average Bonchev–Trinajstić information content (AvgIpc) is 2.26. The molecule has 0 aliphatic carbocycles. The van der Waals surface area contributed by atoms with Crippen LogP contribution in [0, 0.1) is 0 Å². The zero-order valence-corrected chi connectivity index (χ0v) is 8.40. The van der Waals surface area contributed by atoms with Gasteiger partial charge in [0.2, 0.25) is 0 Å². The molecule has 5 nitrogen and oxygen atoms in total. The summed E-state index contributed by atoms with van der Waals surface area (Å²) in [4.78, 5) is 22.1. The van der Waals surface area contributed by atoms with Gasteiger partial charge in [-0.2, -0.15) is 0 Å². The number of nitrogens with one attached hydrogen (secondary N) is 1. The maximum absolute atomic E-state index is 11.3. The minimum atomic E-state index is -1.15. The number of carboxylic acid groups (broad SMARTS) is 1. The van der Waals surface area contributed by atoms with Gasteiger partial charge in [0.15, 0.2) is 0 Å². The van der Waals surface area contributed by atoms with E-state index in [1.165, 1.54) is 19.2 Å². The van der Waals surface area contributed by atoms with Gasteiger partial charge >= 0.3 is 11.9 Å². The first kappa shape index (κ1) is 11.0. The molecule has 5 heteroatoms. The van der Waals surface area contributed by atoms with E-state index < -0.39 is 11.9 Å². The third-order valence-corrected chi connectivity index (χ3v) is 1.94. The first-order valence-corrected chi connectivity index (χ1v) is 4.23. The Kier molecular flexibility index (Phi) is 3.28. The molecule has 0 fully saturated rings. The highest BCUT2D eigenvalue weighted by Crippen LogP contribution is 2.16. The first-order chi connectivity index (χ1) is 7.10. The zero-order chi connectivity index (χ0) is 11.4. The van der Waals surface area contributed by atoms with E-state index in [1.807, 2.05) is 0 Å². The number of hydrogen-bond donors (Lipinski definition) is 2. The highest BCUT2D eigenvalue weighted by atomic mass is 16.5. The van der Waals surface area contributed by atoms with Gasteiger partial charge in [-0.05, 0) is 18.2 Å². The Labute approximate surface area is 86.7 Å². The second-order valence-electron chi connectivity index (χ2n) is 2.81. The molecule has 0 spiro atoms. The predicted molar refractivity (Wildman–Crippen MR) is 54.3 cm³/mol. The smallest absolute Gasteiger partial charge is 0.338 e. The van der Waals surface area contributed by atoms with E-state index in [1.54, 1.807) is 13.1 Å². The monoisotopic (exact) mass is 209 g/mol. The van der Waals surface area contributed by atoms with Gasteiger partial charge in [-0.25, -0.2) is 9.59 Å². The average molecular weight is 209 g/mol. The van der Waals surface area contributed by atoms with Gasteiger partial charge < -0.3 is 15.2 Å². The first-order valence-electron chi connectivity index (χ1n) is 4.23. The number of rotatable bonds is 3. The molecule has 0 aliphatic rings. The molecule has 0 bridgehead atoms. The van der Waals surface area contributed by atoms with Crippen molar-refractivity contribution in [1.82, 2.24) is 0 Å². The summed E-state index contributed by atoms with van der Waals surface area (Å²) >= 11 is 0. The predicted octanol–water partition coefficient (Wildman–Crippen LogP) is 1.21. The lowest BCUT2D eigenvalue weighted by molar-refractivity contribution is 0.0583. The zero-order valence-electron chi connectivity index (χ0n) is 8.40. The summed E-state index contributed by atoms with van der Waals surface area (Å²) in [6.45, 7) is 0. The molecule has 1 rings (SSSR count). The lowest BCUT2D eigenvalue weighted by Gasteiger charge is -2.06. The van der Waals surface area contributed by atoms with Crippen LogP contribution in [-0.2, 0) is 4.74 Å². The molecule has 0 saturated carbocycles. The topological polar surface area (TPSA) is 75.6 Å². The molecule has 80 valence electrons. The summed E-state index contributed by atoms with van der Waals surface area (Å²) in [6.07, 6.45) is 0. The van der Waals surface area contributed by atoms with Crippen LogP contribution in [0.4, 0.5) is 5.69 Å². The van der Waals surface area contributed by atoms with Crippen molar-refractivity contribution in [1.29, 1.82) is 0 Å². The number of ether oxygens (including phenoxy) is 1. The van der Waals surface area contributed by atoms with Crippen LogP contribution in [0.15, 0.2) is 18.2 Å². The molecule has 0 amide bonds. The van der Waals surface area contributed by atoms with Gasteiger partial charge in [-0.3, -0.25) is 0 Å². The second-order valence-corrected chi connectivity index (χ2v) is 2.81. The number of carbonyl (C=O) groups excluding carboxylic acids is 1. The summed E-state index contributed by atoms with van der Waals surface area (Å²) < 4.78 is 4.50. The molecule has 2 N–H and O–H groups in total. The van der Waals surface area contributed by atoms with Crippen molar-refractivity contribution < 1.29 is 19.4 Å². The van der Waals surface area contributed by atoms with Crippen LogP contribution >= 0.6 is 0 Å². The van der Waals surface area contributed by atoms with E-state index >= 15 is 0 Å². The summed E-state index contributed by atoms with van der Waals surface area (Å²) in [5, 5.41) is 11.7. The summed E-state index contributed by atoms with van der Waals surface area (Å²) in [7, 11) is 2.89. The Hall–Kier alpha value is -2.04. The van der Waals surface area contributed by atoms with Crippen molar-refractivity contribution in [2.45, 2.75) is 0 Å². The Bertz CT molecular complexity index is 400. The highest BCUT2D eigenvalue weighted by Gasteiger charge is 2.17. The Morgan fingerprint density at radius 3 is 2.47 bits per heavy atom. The summed E-state index contributed by atoms with van der Waals surface area (Å²) in [5.74, 6) is -1.82. The van der Waals surface area contributed by atoms with Crippen molar-refractivity contribution in [3.05, 3.63) is 29.3 Å². The molecule has 1 aromatic rings. The molecule has 1 aromatic carbocycles. The van der Waals surface area contributed by atoms with Crippen molar-refractivity contribution >= 4 is 17.6 Å². The third kappa shape index (κ3) is 2.25. The van der Waals surface area contributed by atoms with Crippen LogP contribution in [0.3, 0.4) is 0 Å². The van der Waals surface area contributed by atoms with Crippen molar-refractivity contribution in [2.24, 2.45) is 0 Å². The number of anilines is 1. The van der Waals surface area contributed by atoms with E-state index in [9.17, 15) is 9.59 Å². The van der Waals surface area contributed by atoms with Crippen molar-refractivity contribution in [2.75, 3.05) is 19.5 Å². The molecule has 0 aliphatic heterocycles. The maximum atomic E-state index is 11.3. The van der Waals surface area contributed by atoms with Crippen molar-refractivity contribution in [3.8, 4) is 0 Å². The summed E-state index contributed by atoms with van der Waals surface area (Å²) in [5.41, 5.74) is 0.623. The lowest BCUT2D eigenvalue weighted by Crippen LogP contribution is -2.10. The Morgan fingerprint density at radius 2 is 2.00 bits per heavy atom. The molecule has 0 unspecified atom stereocenters. The van der Waals surface area contributed by atoms with Gasteiger partial charge in [0, 0.05) is 12.7 Å². The van der Waals surface area contributed by atoms with Gasteiger partial charge in [0.25, 0.3) is 0 Å². The van der Waals surface area contributed by atoms with Crippen LogP contribution < -0.4 is 5.32 Å². The molecular weight excluding hydrogens is 198 g/mol. The van der Waals surface area contributed by atoms with E-state index in [-0.39, 0.29) is 11.1 Å². The number of methoxy groups -OCH3 is 1. The number of esters is 1. The number of benzene rings is 1. The van der Waals surface area contributed by atoms with E-state index in [0.29, 0.717) is 5.69 Å². The minimum absolute atomic E-state index is 0.0388. The van der Waals surface area contributed by atoms with E-state index in [0.717, 1.165) is 0 Å². The number of aromatic carboxylic acids is 1. The van der Waals surface area contributed by atoms with Crippen LogP contribution in [0.5, 0.6) is 0 Å². The third-order valence-electron chi connectivity index (χ3n) is 1.94. The lowest BCUT2D eigenvalue weighted by atomic mass is 10.1. The molecule has 0 heterocycles. The largest absolute Gasteiger partial charge is 0.478 e. The fourth-order valence-corrected chi connectivity index (χ4v) is 1.17. The minimum Gasteiger partial charge on any atom is -0.478 e. The van der Waals surface area contributed by atoms with Gasteiger partial charge in [0.1, 0.15) is 0 Å². The summed E-state index contributed by atoms with van der Waals surface area (Å²) in [6, 6.07) is 4.38. The van der Waals surface area contributed by atoms with Gasteiger partial charge in [0.05, 0.1) is 18.2 Å². The SMILES string of the molecule is CNc1ccc(C(=O)O)c(C(=O)OC)c1. The number of hydrogen-bond acceptors (Lipinski definition) is 4. The molecule has 0 radical (unpaired) electrons. The van der Waals surface area contributed by atoms with Gasteiger partial charge in [-0.1, -0.05) is 0 Å². The molecule has 0 saturated heterocycles. The van der Waals surface area contributed by atoms with Crippen LogP contribution in [0.1, 0.15) is 20.7 Å². The Balaban J connectivity index is 3.28. The standard InChI is InChI=1S/C10H11NO4/c1-11-6-3-4-7(9(12)13)8(5-6)10(14)15-2/h3-5,11H,1-2H3,(H,12,13). The second kappa shape index (κ2) is 4.45. The van der Waals surface area contributed by atoms with Crippen LogP contribution in [-0.4, -0.2) is 31.2 Å². The number of carbonyl (C=O) groups is 2. The molecule has 0 atom stereocenters. The molecule has 0 aromatic heterocycles. The van der Waals surface area contributed by atoms with E-state index in [4.69, 9.17) is 5.11 Å². The fourth-order valence-electron chi connectivity index (χ4n) is 1.17. The highest BCUT2D eigenvalue weighted by molar-refractivity contribution is 6.03.